The predicted octanol–water partition coefficient (Wildman–Crippen LogP) is 7.42. The average molecular weight is 442 g/mol. The largest absolute Gasteiger partial charge is 0.286 e. The molecule has 178 valence electrons. The molecule has 1 aromatic heterocycles. The number of benzene rings is 2. The van der Waals surface area contributed by atoms with Crippen LogP contribution in [0.15, 0.2) is 66.7 Å². The summed E-state index contributed by atoms with van der Waals surface area (Å²) in [5.74, 6) is -0.328. The van der Waals surface area contributed by atoms with Crippen LogP contribution in [0.4, 0.5) is 0 Å². The van der Waals surface area contributed by atoms with Gasteiger partial charge in [-0.2, -0.15) is 5.10 Å². The molecule has 0 spiro atoms. The molecular formula is C27H43N3O2. The standard InChI is InChI=1S/C19H19N3O2.4C2H6/c1-21(24)19(23)13-12-16-14-18(15-8-4-2-5-9-15)22(20-16)17-10-6-3-7-11-17;4*1-2/h2-11,14,24H,12-13H2,1H3;4*1-2H3. The Morgan fingerprint density at radius 1 is 0.844 bits per heavy atom. The summed E-state index contributed by atoms with van der Waals surface area (Å²) < 4.78 is 1.89. The number of hydrogen-bond donors (Lipinski definition) is 1. The molecule has 5 heteroatoms. The number of nitrogens with zero attached hydrogens (tertiary/aromatic N) is 3. The van der Waals surface area contributed by atoms with Crippen LogP contribution in [0.3, 0.4) is 0 Å². The van der Waals surface area contributed by atoms with Crippen LogP contribution in [-0.4, -0.2) is 33.0 Å². The number of carbonyl (C=O) groups is 1. The lowest BCUT2D eigenvalue weighted by Gasteiger charge is -2.07. The Morgan fingerprint density at radius 2 is 1.31 bits per heavy atom. The van der Waals surface area contributed by atoms with Gasteiger partial charge in [0.05, 0.1) is 17.1 Å². The second kappa shape index (κ2) is 20.0. The molecule has 3 rings (SSSR count). The second-order valence-electron chi connectivity index (χ2n) is 5.55. The lowest BCUT2D eigenvalue weighted by Crippen LogP contribution is -2.22. The van der Waals surface area contributed by atoms with Gasteiger partial charge in [-0.05, 0) is 18.2 Å². The van der Waals surface area contributed by atoms with E-state index in [1.54, 1.807) is 0 Å². The highest BCUT2D eigenvalue weighted by atomic mass is 16.5. The lowest BCUT2D eigenvalue weighted by molar-refractivity contribution is -0.159. The van der Waals surface area contributed by atoms with Gasteiger partial charge in [0.15, 0.2) is 0 Å². The van der Waals surface area contributed by atoms with Gasteiger partial charge in [-0.25, -0.2) is 9.75 Å². The Labute approximate surface area is 195 Å². The molecule has 2 aromatic carbocycles. The number of carbonyl (C=O) groups excluding carboxylic acids is 1. The fraction of sp³-hybridized carbons (Fsp3) is 0.407. The zero-order chi connectivity index (χ0) is 24.9. The molecule has 0 saturated carbocycles. The molecule has 0 saturated heterocycles. The number of hydrogen-bond acceptors (Lipinski definition) is 3. The fourth-order valence-corrected chi connectivity index (χ4v) is 2.53. The molecule has 0 unspecified atom stereocenters. The van der Waals surface area contributed by atoms with Gasteiger partial charge < -0.3 is 0 Å². The van der Waals surface area contributed by atoms with Gasteiger partial charge in [0, 0.05) is 25.5 Å². The summed E-state index contributed by atoms with van der Waals surface area (Å²) in [4.78, 5) is 11.6. The van der Waals surface area contributed by atoms with E-state index >= 15 is 0 Å². The monoisotopic (exact) mass is 441 g/mol. The highest BCUT2D eigenvalue weighted by Gasteiger charge is 2.13. The molecule has 0 atom stereocenters. The molecule has 0 aliphatic heterocycles. The van der Waals surface area contributed by atoms with E-state index in [1.807, 2.05) is 127 Å². The molecule has 0 bridgehead atoms. The maximum Gasteiger partial charge on any atom is 0.246 e. The van der Waals surface area contributed by atoms with E-state index in [1.165, 1.54) is 7.05 Å². The topological polar surface area (TPSA) is 58.4 Å². The second-order valence-corrected chi connectivity index (χ2v) is 5.55. The zero-order valence-electron chi connectivity index (χ0n) is 21.5. The van der Waals surface area contributed by atoms with Crippen molar-refractivity contribution in [3.63, 3.8) is 0 Å². The minimum atomic E-state index is -0.328. The van der Waals surface area contributed by atoms with Crippen LogP contribution in [0.25, 0.3) is 16.9 Å². The SMILES string of the molecule is CC.CC.CC.CC.CN(O)C(=O)CCc1cc(-c2ccccc2)n(-c2ccccc2)n1. The van der Waals surface area contributed by atoms with E-state index in [0.29, 0.717) is 11.5 Å². The first kappa shape index (κ1) is 31.3. The Morgan fingerprint density at radius 3 is 1.78 bits per heavy atom. The lowest BCUT2D eigenvalue weighted by atomic mass is 10.1. The van der Waals surface area contributed by atoms with Gasteiger partial charge in [0.1, 0.15) is 0 Å². The van der Waals surface area contributed by atoms with Crippen molar-refractivity contribution >= 4 is 5.91 Å². The van der Waals surface area contributed by atoms with Gasteiger partial charge in [0.25, 0.3) is 0 Å². The smallest absolute Gasteiger partial charge is 0.246 e. The minimum absolute atomic E-state index is 0.215. The molecule has 0 aliphatic rings. The normalized spacial score (nSPS) is 8.69. The third-order valence-electron chi connectivity index (χ3n) is 3.79. The molecule has 1 amide bonds. The molecule has 1 N–H and O–H groups in total. The number of amides is 1. The van der Waals surface area contributed by atoms with Crippen molar-refractivity contribution in [2.45, 2.75) is 68.2 Å². The first-order valence-electron chi connectivity index (χ1n) is 11.8. The Balaban J connectivity index is 0. The van der Waals surface area contributed by atoms with E-state index < -0.39 is 0 Å². The van der Waals surface area contributed by atoms with E-state index in [2.05, 4.69) is 5.10 Å². The van der Waals surface area contributed by atoms with Crippen LogP contribution in [0, 0.1) is 0 Å². The molecule has 5 nitrogen and oxygen atoms in total. The summed E-state index contributed by atoms with van der Waals surface area (Å²) >= 11 is 0. The van der Waals surface area contributed by atoms with E-state index in [-0.39, 0.29) is 12.3 Å². The quantitative estimate of drug-likeness (QED) is 0.331. The number of para-hydroxylation sites is 1. The van der Waals surface area contributed by atoms with E-state index in [0.717, 1.165) is 22.6 Å². The molecule has 3 aromatic rings. The van der Waals surface area contributed by atoms with Crippen molar-refractivity contribution in [2.75, 3.05) is 7.05 Å². The molecule has 0 fully saturated rings. The fourth-order valence-electron chi connectivity index (χ4n) is 2.53. The summed E-state index contributed by atoms with van der Waals surface area (Å²) in [7, 11) is 1.33. The van der Waals surface area contributed by atoms with Crippen molar-refractivity contribution in [3.8, 4) is 16.9 Å². The summed E-state index contributed by atoms with van der Waals surface area (Å²) in [5, 5.41) is 14.4. The highest BCUT2D eigenvalue weighted by molar-refractivity contribution is 5.74. The number of aromatic nitrogens is 2. The van der Waals surface area contributed by atoms with Gasteiger partial charge in [-0.3, -0.25) is 10.0 Å². The van der Waals surface area contributed by atoms with E-state index in [4.69, 9.17) is 0 Å². The summed E-state index contributed by atoms with van der Waals surface area (Å²) in [6.45, 7) is 16.0. The Hall–Kier alpha value is -2.92. The maximum absolute atomic E-state index is 11.6. The maximum atomic E-state index is 11.6. The average Bonchev–Trinajstić information content (AvgIpc) is 3.33. The van der Waals surface area contributed by atoms with Crippen molar-refractivity contribution < 1.29 is 10.0 Å². The Kier molecular flexibility index (Phi) is 19.6. The molecular weight excluding hydrogens is 398 g/mol. The van der Waals surface area contributed by atoms with Gasteiger partial charge in [0.2, 0.25) is 5.91 Å². The highest BCUT2D eigenvalue weighted by Crippen LogP contribution is 2.24. The van der Waals surface area contributed by atoms with Gasteiger partial charge >= 0.3 is 0 Å². The van der Waals surface area contributed by atoms with Crippen molar-refractivity contribution in [3.05, 3.63) is 72.4 Å². The van der Waals surface area contributed by atoms with Crippen LogP contribution in [0.2, 0.25) is 0 Å². The van der Waals surface area contributed by atoms with Crippen LogP contribution >= 0.6 is 0 Å². The number of aryl methyl sites for hydroxylation is 1. The van der Waals surface area contributed by atoms with Crippen LogP contribution < -0.4 is 0 Å². The van der Waals surface area contributed by atoms with Crippen molar-refractivity contribution in [1.82, 2.24) is 14.8 Å². The summed E-state index contributed by atoms with van der Waals surface area (Å²) in [6.07, 6.45) is 0.691. The third kappa shape index (κ3) is 10.4. The van der Waals surface area contributed by atoms with Crippen LogP contribution in [0.5, 0.6) is 0 Å². The van der Waals surface area contributed by atoms with E-state index in [9.17, 15) is 10.0 Å². The van der Waals surface area contributed by atoms with Gasteiger partial charge in [-0.1, -0.05) is 104 Å². The van der Waals surface area contributed by atoms with Gasteiger partial charge in [-0.15, -0.1) is 0 Å². The minimum Gasteiger partial charge on any atom is -0.286 e. The molecule has 1 heterocycles. The summed E-state index contributed by atoms with van der Waals surface area (Å²) in [5.41, 5.74) is 3.81. The Bertz CT molecular complexity index is 756. The van der Waals surface area contributed by atoms with Crippen molar-refractivity contribution in [1.29, 1.82) is 0 Å². The third-order valence-corrected chi connectivity index (χ3v) is 3.79. The van der Waals surface area contributed by atoms with Crippen LogP contribution in [0.1, 0.15) is 67.5 Å². The predicted molar refractivity (Wildman–Crippen MR) is 137 cm³/mol. The molecule has 0 radical (unpaired) electrons. The molecule has 0 aliphatic carbocycles. The number of rotatable bonds is 5. The summed E-state index contributed by atoms with van der Waals surface area (Å²) in [6, 6.07) is 21.9. The van der Waals surface area contributed by atoms with Crippen molar-refractivity contribution in [2.24, 2.45) is 0 Å². The number of hydroxylamine groups is 2. The first-order chi connectivity index (χ1) is 15.6. The van der Waals surface area contributed by atoms with Crippen LogP contribution in [-0.2, 0) is 11.2 Å². The zero-order valence-corrected chi connectivity index (χ0v) is 21.5. The first-order valence-corrected chi connectivity index (χ1v) is 11.8. The molecule has 32 heavy (non-hydrogen) atoms.